The minimum Gasteiger partial charge on any atom is -0.328 e. The summed E-state index contributed by atoms with van der Waals surface area (Å²) in [6.07, 6.45) is 3.19. The van der Waals surface area contributed by atoms with Gasteiger partial charge in [-0.25, -0.2) is 0 Å². The van der Waals surface area contributed by atoms with Gasteiger partial charge < -0.3 is 9.84 Å². The number of hydrogen-bond acceptors (Lipinski definition) is 6. The Balaban J connectivity index is 1.79. The third-order valence-electron chi connectivity index (χ3n) is 2.81. The zero-order chi connectivity index (χ0) is 15.4. The molecule has 0 saturated carbocycles. The van der Waals surface area contributed by atoms with E-state index in [0.29, 0.717) is 22.6 Å². The number of carbonyl (C=O) groups is 1. The van der Waals surface area contributed by atoms with Crippen molar-refractivity contribution in [1.82, 2.24) is 15.1 Å². The van der Waals surface area contributed by atoms with Crippen LogP contribution in [0, 0.1) is 11.3 Å². The summed E-state index contributed by atoms with van der Waals surface area (Å²) in [5.41, 5.74) is 1.62. The molecule has 0 fully saturated rings. The van der Waals surface area contributed by atoms with Gasteiger partial charge >= 0.3 is 11.8 Å². The molecule has 2 aromatic heterocycles. The van der Waals surface area contributed by atoms with E-state index in [9.17, 15) is 4.79 Å². The third kappa shape index (κ3) is 2.81. The van der Waals surface area contributed by atoms with Crippen molar-refractivity contribution in [2.24, 2.45) is 0 Å². The zero-order valence-corrected chi connectivity index (χ0v) is 11.2. The summed E-state index contributed by atoms with van der Waals surface area (Å²) >= 11 is 0. The Hall–Kier alpha value is -3.53. The molecule has 1 aromatic carbocycles. The highest BCUT2D eigenvalue weighted by Gasteiger charge is 2.16. The maximum Gasteiger partial charge on any atom is 0.316 e. The van der Waals surface area contributed by atoms with Gasteiger partial charge in [-0.2, -0.15) is 10.2 Å². The Labute approximate surface area is 125 Å². The minimum absolute atomic E-state index is 0.158. The summed E-state index contributed by atoms with van der Waals surface area (Å²) in [7, 11) is 0. The van der Waals surface area contributed by atoms with Gasteiger partial charge in [0.15, 0.2) is 0 Å². The smallest absolute Gasteiger partial charge is 0.316 e. The molecule has 0 saturated heterocycles. The van der Waals surface area contributed by atoms with Crippen LogP contribution in [0.2, 0.25) is 0 Å². The summed E-state index contributed by atoms with van der Waals surface area (Å²) in [4.78, 5) is 20.0. The van der Waals surface area contributed by atoms with Crippen LogP contribution >= 0.6 is 0 Å². The van der Waals surface area contributed by atoms with Crippen molar-refractivity contribution in [3.63, 3.8) is 0 Å². The number of rotatable bonds is 3. The van der Waals surface area contributed by atoms with Crippen molar-refractivity contribution in [3.05, 3.63) is 60.2 Å². The van der Waals surface area contributed by atoms with E-state index in [1.807, 2.05) is 6.07 Å². The van der Waals surface area contributed by atoms with E-state index < -0.39 is 5.91 Å². The molecule has 7 nitrogen and oxygen atoms in total. The Morgan fingerprint density at radius 2 is 2.05 bits per heavy atom. The molecule has 1 amide bonds. The number of aromatic nitrogens is 3. The summed E-state index contributed by atoms with van der Waals surface area (Å²) in [6, 6.07) is 12.0. The predicted molar refractivity (Wildman–Crippen MR) is 76.6 cm³/mol. The van der Waals surface area contributed by atoms with E-state index in [1.165, 1.54) is 0 Å². The van der Waals surface area contributed by atoms with Gasteiger partial charge in [0.1, 0.15) is 0 Å². The molecular weight excluding hydrogens is 282 g/mol. The van der Waals surface area contributed by atoms with Gasteiger partial charge in [0, 0.05) is 23.6 Å². The summed E-state index contributed by atoms with van der Waals surface area (Å²) < 4.78 is 4.95. The molecular formula is C15H9N5O2. The lowest BCUT2D eigenvalue weighted by molar-refractivity contribution is 0.0981. The summed E-state index contributed by atoms with van der Waals surface area (Å²) in [5, 5.41) is 15.2. The number of hydrogen-bond donors (Lipinski definition) is 1. The van der Waals surface area contributed by atoms with Crippen LogP contribution in [0.15, 0.2) is 53.3 Å². The first-order chi connectivity index (χ1) is 10.8. The maximum atomic E-state index is 12.1. The van der Waals surface area contributed by atoms with Crippen molar-refractivity contribution in [3.8, 4) is 17.5 Å². The van der Waals surface area contributed by atoms with Gasteiger partial charge in [-0.3, -0.25) is 9.78 Å². The van der Waals surface area contributed by atoms with Gasteiger partial charge in [0.05, 0.1) is 11.6 Å². The van der Waals surface area contributed by atoms with E-state index in [2.05, 4.69) is 20.4 Å². The normalized spacial score (nSPS) is 9.95. The van der Waals surface area contributed by atoms with E-state index in [0.717, 1.165) is 0 Å². The fraction of sp³-hybridized carbons (Fsp3) is 0. The van der Waals surface area contributed by atoms with Crippen molar-refractivity contribution in [1.29, 1.82) is 5.26 Å². The molecule has 7 heteroatoms. The molecule has 0 aliphatic rings. The van der Waals surface area contributed by atoms with Crippen molar-refractivity contribution >= 4 is 11.6 Å². The lowest BCUT2D eigenvalue weighted by Gasteiger charge is -2.01. The van der Waals surface area contributed by atoms with Crippen LogP contribution < -0.4 is 5.32 Å². The Morgan fingerprint density at radius 1 is 1.23 bits per heavy atom. The van der Waals surface area contributed by atoms with E-state index >= 15 is 0 Å². The standard InChI is InChI=1S/C15H9N5O2/c16-9-10-2-1-3-12(8-10)18-14(21)15-19-13(20-22-15)11-4-6-17-7-5-11/h1-8H,(H,18,21). The quantitative estimate of drug-likeness (QED) is 0.793. The molecule has 1 N–H and O–H groups in total. The number of pyridine rings is 1. The third-order valence-corrected chi connectivity index (χ3v) is 2.81. The number of carbonyl (C=O) groups excluding carboxylic acids is 1. The number of anilines is 1. The first-order valence-electron chi connectivity index (χ1n) is 6.32. The molecule has 0 unspecified atom stereocenters. The molecule has 22 heavy (non-hydrogen) atoms. The number of nitrogens with zero attached hydrogens (tertiary/aromatic N) is 4. The molecule has 3 rings (SSSR count). The van der Waals surface area contributed by atoms with Crippen LogP contribution in [-0.2, 0) is 0 Å². The van der Waals surface area contributed by atoms with Crippen LogP contribution in [0.1, 0.15) is 16.2 Å². The molecule has 0 aliphatic carbocycles. The second kappa shape index (κ2) is 5.85. The molecule has 0 bridgehead atoms. The largest absolute Gasteiger partial charge is 0.328 e. The van der Waals surface area contributed by atoms with Gasteiger partial charge in [-0.1, -0.05) is 11.2 Å². The maximum absolute atomic E-state index is 12.1. The van der Waals surface area contributed by atoms with Gasteiger partial charge in [0.25, 0.3) is 0 Å². The monoisotopic (exact) mass is 291 g/mol. The lowest BCUT2D eigenvalue weighted by Crippen LogP contribution is -2.12. The molecule has 0 atom stereocenters. The molecule has 106 valence electrons. The van der Waals surface area contributed by atoms with Gasteiger partial charge in [-0.05, 0) is 30.3 Å². The molecule has 0 radical (unpaired) electrons. The second-order valence-electron chi connectivity index (χ2n) is 4.31. The summed E-state index contributed by atoms with van der Waals surface area (Å²) in [6.45, 7) is 0. The highest BCUT2D eigenvalue weighted by atomic mass is 16.5. The number of nitriles is 1. The van der Waals surface area contributed by atoms with Crippen LogP contribution in [0.4, 0.5) is 5.69 Å². The fourth-order valence-electron chi connectivity index (χ4n) is 1.79. The Bertz CT molecular complexity index is 852. The highest BCUT2D eigenvalue weighted by molar-refractivity contribution is 6.01. The first kappa shape index (κ1) is 13.5. The predicted octanol–water partition coefficient (Wildman–Crippen LogP) is 2.26. The van der Waals surface area contributed by atoms with Crippen LogP contribution in [0.25, 0.3) is 11.4 Å². The van der Waals surface area contributed by atoms with Crippen LogP contribution in [0.5, 0.6) is 0 Å². The van der Waals surface area contributed by atoms with E-state index in [1.54, 1.807) is 48.8 Å². The SMILES string of the molecule is N#Cc1cccc(NC(=O)c2nc(-c3ccncc3)no2)c1. The lowest BCUT2D eigenvalue weighted by atomic mass is 10.2. The van der Waals surface area contributed by atoms with Gasteiger partial charge in [-0.15, -0.1) is 0 Å². The Morgan fingerprint density at radius 3 is 2.82 bits per heavy atom. The molecule has 3 aromatic rings. The van der Waals surface area contributed by atoms with Crippen molar-refractivity contribution < 1.29 is 9.32 Å². The first-order valence-corrected chi connectivity index (χ1v) is 6.32. The van der Waals surface area contributed by atoms with Crippen molar-refractivity contribution in [2.75, 3.05) is 5.32 Å². The topological polar surface area (TPSA) is 105 Å². The average Bonchev–Trinajstić information content (AvgIpc) is 3.06. The number of benzene rings is 1. The van der Waals surface area contributed by atoms with E-state index in [4.69, 9.17) is 9.78 Å². The minimum atomic E-state index is -0.539. The van der Waals surface area contributed by atoms with Gasteiger partial charge in [0.2, 0.25) is 5.82 Å². The van der Waals surface area contributed by atoms with Crippen LogP contribution in [0.3, 0.4) is 0 Å². The number of amides is 1. The fourth-order valence-corrected chi connectivity index (χ4v) is 1.79. The van der Waals surface area contributed by atoms with Crippen molar-refractivity contribution in [2.45, 2.75) is 0 Å². The number of nitrogens with one attached hydrogen (secondary N) is 1. The second-order valence-corrected chi connectivity index (χ2v) is 4.31. The molecule has 0 aliphatic heterocycles. The molecule has 0 spiro atoms. The van der Waals surface area contributed by atoms with E-state index in [-0.39, 0.29) is 5.89 Å². The average molecular weight is 291 g/mol. The zero-order valence-electron chi connectivity index (χ0n) is 11.2. The molecule has 2 heterocycles. The highest BCUT2D eigenvalue weighted by Crippen LogP contribution is 2.15. The summed E-state index contributed by atoms with van der Waals surface area (Å²) in [5.74, 6) is -0.393. The Kier molecular flexibility index (Phi) is 3.58. The van der Waals surface area contributed by atoms with Crippen LogP contribution in [-0.4, -0.2) is 21.0 Å².